The molecule has 1 unspecified atom stereocenters. The molecular formula is C33H42N4O4. The van der Waals surface area contributed by atoms with Crippen LogP contribution in [0.3, 0.4) is 0 Å². The first kappa shape index (κ1) is 27.9. The molecule has 8 heteroatoms. The van der Waals surface area contributed by atoms with Crippen LogP contribution >= 0.6 is 0 Å². The van der Waals surface area contributed by atoms with Crippen molar-refractivity contribution in [2.75, 3.05) is 11.4 Å². The van der Waals surface area contributed by atoms with Gasteiger partial charge in [0.1, 0.15) is 6.04 Å². The predicted molar refractivity (Wildman–Crippen MR) is 158 cm³/mol. The summed E-state index contributed by atoms with van der Waals surface area (Å²) in [6, 6.07) is 9.24. The summed E-state index contributed by atoms with van der Waals surface area (Å²) in [6.07, 6.45) is 7.98. The zero-order valence-electron chi connectivity index (χ0n) is 24.5. The van der Waals surface area contributed by atoms with Gasteiger partial charge in [0.05, 0.1) is 5.69 Å². The molecule has 2 aliphatic carbocycles. The van der Waals surface area contributed by atoms with E-state index in [1.54, 1.807) is 6.07 Å². The Morgan fingerprint density at radius 2 is 1.88 bits per heavy atom. The number of imide groups is 1. The van der Waals surface area contributed by atoms with E-state index >= 15 is 0 Å². The Balaban J connectivity index is 0.998. The van der Waals surface area contributed by atoms with E-state index in [1.807, 2.05) is 24.3 Å². The fourth-order valence-electron chi connectivity index (χ4n) is 8.12. The summed E-state index contributed by atoms with van der Waals surface area (Å²) in [5, 5.41) is 11.0. The van der Waals surface area contributed by atoms with Crippen molar-refractivity contribution in [1.82, 2.24) is 16.0 Å². The van der Waals surface area contributed by atoms with Crippen molar-refractivity contribution in [3.05, 3.63) is 41.5 Å². The first-order valence-electron chi connectivity index (χ1n) is 15.3. The third-order valence-electron chi connectivity index (χ3n) is 11.1. The molecule has 2 heterocycles. The smallest absolute Gasteiger partial charge is 0.259 e. The van der Waals surface area contributed by atoms with Gasteiger partial charge in [-0.25, -0.2) is 0 Å². The molecule has 1 saturated heterocycles. The summed E-state index contributed by atoms with van der Waals surface area (Å²) in [4.78, 5) is 51.7. The van der Waals surface area contributed by atoms with Crippen LogP contribution in [-0.4, -0.2) is 42.3 Å². The Bertz CT molecular complexity index is 1420. The van der Waals surface area contributed by atoms with E-state index in [9.17, 15) is 19.2 Å². The number of piperidine rings is 1. The number of benzene rings is 2. The zero-order valence-corrected chi connectivity index (χ0v) is 24.5. The first-order chi connectivity index (χ1) is 19.6. The van der Waals surface area contributed by atoms with Gasteiger partial charge in [-0.05, 0) is 84.9 Å². The van der Waals surface area contributed by atoms with E-state index in [2.05, 4.69) is 36.7 Å². The second-order valence-corrected chi connectivity index (χ2v) is 13.3. The van der Waals surface area contributed by atoms with Gasteiger partial charge in [0.15, 0.2) is 0 Å². The fourth-order valence-corrected chi connectivity index (χ4v) is 8.12. The highest BCUT2D eigenvalue weighted by atomic mass is 16.2. The maximum absolute atomic E-state index is 13.3. The molecule has 6 rings (SSSR count). The number of hydrogen-bond acceptors (Lipinski definition) is 5. The summed E-state index contributed by atoms with van der Waals surface area (Å²) < 4.78 is 0. The van der Waals surface area contributed by atoms with Gasteiger partial charge in [0.2, 0.25) is 17.7 Å². The largest absolute Gasteiger partial charge is 0.352 e. The summed E-state index contributed by atoms with van der Waals surface area (Å²) in [7, 11) is 0. The molecule has 4 amide bonds. The number of amides is 4. The first-order valence-corrected chi connectivity index (χ1v) is 15.3. The monoisotopic (exact) mass is 558 g/mol. The van der Waals surface area contributed by atoms with Gasteiger partial charge in [-0.2, -0.15) is 0 Å². The van der Waals surface area contributed by atoms with Gasteiger partial charge in [0, 0.05) is 36.4 Å². The molecule has 0 aromatic heterocycles. The molecule has 2 aromatic carbocycles. The Kier molecular flexibility index (Phi) is 7.17. The minimum Gasteiger partial charge on any atom is -0.352 e. The Labute approximate surface area is 242 Å². The average molecular weight is 559 g/mol. The second-order valence-electron chi connectivity index (χ2n) is 13.3. The maximum atomic E-state index is 13.3. The molecule has 0 spiro atoms. The second kappa shape index (κ2) is 10.5. The molecular weight excluding hydrogens is 516 g/mol. The van der Waals surface area contributed by atoms with E-state index < -0.39 is 11.9 Å². The number of fused-ring (bicyclic) bond motifs is 2. The lowest BCUT2D eigenvalue weighted by Crippen LogP contribution is -2.53. The third-order valence-corrected chi connectivity index (χ3v) is 11.1. The van der Waals surface area contributed by atoms with Crippen molar-refractivity contribution < 1.29 is 19.2 Å². The van der Waals surface area contributed by atoms with Gasteiger partial charge in [-0.3, -0.25) is 29.4 Å². The lowest BCUT2D eigenvalue weighted by Gasteiger charge is -2.39. The van der Waals surface area contributed by atoms with Crippen molar-refractivity contribution in [3.8, 4) is 0 Å². The van der Waals surface area contributed by atoms with E-state index in [0.717, 1.165) is 48.1 Å². The van der Waals surface area contributed by atoms with Crippen LogP contribution in [0.4, 0.5) is 5.69 Å². The molecule has 41 heavy (non-hydrogen) atoms. The van der Waals surface area contributed by atoms with Crippen LogP contribution in [0.25, 0.3) is 10.8 Å². The minimum atomic E-state index is -0.709. The average Bonchev–Trinajstić information content (AvgIpc) is 3.43. The van der Waals surface area contributed by atoms with Crippen LogP contribution < -0.4 is 20.9 Å². The van der Waals surface area contributed by atoms with Crippen molar-refractivity contribution in [1.29, 1.82) is 0 Å². The van der Waals surface area contributed by atoms with E-state index in [1.165, 1.54) is 24.2 Å². The SMILES string of the molecule is CC1(C)[C@@H]2CC[C@@]1(C)[C@@H](NCCCCCC(=O)NCc1ccc3c4c(cccc14)C(=O)N3C1CCC(=O)NC1=O)C2. The van der Waals surface area contributed by atoms with Gasteiger partial charge in [-0.15, -0.1) is 0 Å². The number of nitrogens with zero attached hydrogens (tertiary/aromatic N) is 1. The van der Waals surface area contributed by atoms with E-state index in [-0.39, 0.29) is 24.1 Å². The van der Waals surface area contributed by atoms with Crippen molar-refractivity contribution in [2.45, 2.75) is 97.2 Å². The number of carbonyl (C=O) groups excluding carboxylic acids is 4. The molecule has 4 atom stereocenters. The van der Waals surface area contributed by atoms with E-state index in [0.29, 0.717) is 47.5 Å². The predicted octanol–water partition coefficient (Wildman–Crippen LogP) is 4.59. The van der Waals surface area contributed by atoms with Crippen LogP contribution in [0.5, 0.6) is 0 Å². The lowest BCUT2D eigenvalue weighted by molar-refractivity contribution is -0.134. The number of anilines is 1. The van der Waals surface area contributed by atoms with Gasteiger partial charge in [-0.1, -0.05) is 45.4 Å². The number of unbranched alkanes of at least 4 members (excludes halogenated alkanes) is 2. The molecule has 2 bridgehead atoms. The highest BCUT2D eigenvalue weighted by Crippen LogP contribution is 2.65. The number of carbonyl (C=O) groups is 4. The Morgan fingerprint density at radius 3 is 2.61 bits per heavy atom. The zero-order chi connectivity index (χ0) is 28.9. The van der Waals surface area contributed by atoms with Crippen molar-refractivity contribution in [3.63, 3.8) is 0 Å². The molecule has 2 aliphatic heterocycles. The van der Waals surface area contributed by atoms with Crippen LogP contribution in [0, 0.1) is 16.7 Å². The fraction of sp³-hybridized carbons (Fsp3) is 0.576. The Morgan fingerprint density at radius 1 is 1.05 bits per heavy atom. The van der Waals surface area contributed by atoms with Crippen LogP contribution in [-0.2, 0) is 20.9 Å². The highest BCUT2D eigenvalue weighted by molar-refractivity contribution is 6.27. The van der Waals surface area contributed by atoms with Crippen LogP contribution in [0.2, 0.25) is 0 Å². The molecule has 2 aromatic rings. The number of nitrogens with one attached hydrogen (secondary N) is 3. The standard InChI is InChI=1S/C33H42N4O4/c1-32(2)21-15-16-33(32,3)26(18-21)34-17-6-4-5-10-27(38)35-19-20-11-12-24-29-22(20)8-7-9-23(29)31(41)37(24)25-13-14-28(39)36-30(25)40/h7-9,11-12,21,25-26,34H,4-6,10,13-19H2,1-3H3,(H,35,38)(H,36,39,40)/t21-,25?,26+,33+/m1/s1. The van der Waals surface area contributed by atoms with Crippen molar-refractivity contribution in [2.24, 2.45) is 16.7 Å². The Hall–Kier alpha value is -3.26. The van der Waals surface area contributed by atoms with Gasteiger partial charge >= 0.3 is 0 Å². The number of hydrogen-bond donors (Lipinski definition) is 3. The van der Waals surface area contributed by atoms with Crippen LogP contribution in [0.15, 0.2) is 30.3 Å². The molecule has 2 saturated carbocycles. The molecule has 8 nitrogen and oxygen atoms in total. The van der Waals surface area contributed by atoms with Gasteiger partial charge in [0.25, 0.3) is 5.91 Å². The summed E-state index contributed by atoms with van der Waals surface area (Å²) in [6.45, 7) is 8.76. The molecule has 4 aliphatic rings. The minimum absolute atomic E-state index is 0.0322. The van der Waals surface area contributed by atoms with E-state index in [4.69, 9.17) is 0 Å². The summed E-state index contributed by atoms with van der Waals surface area (Å²) in [5.41, 5.74) is 2.99. The lowest BCUT2D eigenvalue weighted by atomic mass is 9.69. The third kappa shape index (κ3) is 4.64. The molecule has 218 valence electrons. The highest BCUT2D eigenvalue weighted by Gasteiger charge is 2.60. The van der Waals surface area contributed by atoms with Gasteiger partial charge < -0.3 is 10.6 Å². The summed E-state index contributed by atoms with van der Waals surface area (Å²) >= 11 is 0. The topological polar surface area (TPSA) is 108 Å². The molecule has 3 N–H and O–H groups in total. The van der Waals surface area contributed by atoms with Crippen LogP contribution in [0.1, 0.15) is 94.5 Å². The quantitative estimate of drug-likeness (QED) is 0.292. The maximum Gasteiger partial charge on any atom is 0.259 e. The number of rotatable bonds is 10. The molecule has 3 fully saturated rings. The normalized spacial score (nSPS) is 28.0. The van der Waals surface area contributed by atoms with Crippen molar-refractivity contribution >= 4 is 40.1 Å². The summed E-state index contributed by atoms with van der Waals surface area (Å²) in [5.74, 6) is -0.0976. The molecule has 0 radical (unpaired) electrons.